The zero-order valence-corrected chi connectivity index (χ0v) is 48.0. The number of hydrogen-bond donors (Lipinski definition) is 4. The Morgan fingerprint density at radius 1 is 0.706 bits per heavy atom. The van der Waals surface area contributed by atoms with E-state index in [0.29, 0.717) is 40.1 Å². The Bertz CT molecular complexity index is 3460. The van der Waals surface area contributed by atoms with Crippen LogP contribution >= 0.6 is 86.4 Å². The van der Waals surface area contributed by atoms with E-state index in [1.54, 1.807) is 46.9 Å². The molecule has 6 aliphatic rings. The molecule has 68 heavy (non-hydrogen) atoms. The Balaban J connectivity index is 0.000000172. The van der Waals surface area contributed by atoms with Crippen LogP contribution in [0.3, 0.4) is 0 Å². The number of benzene rings is 7. The van der Waals surface area contributed by atoms with Crippen molar-refractivity contribution in [1.82, 2.24) is 14.5 Å². The fraction of sp³-hybridized carbons (Fsp3) is 0.104. The van der Waals surface area contributed by atoms with Gasteiger partial charge in [0.1, 0.15) is 34.5 Å². The molecular weight excluding hydrogens is 1220 g/mol. The molecule has 5 aromatic rings. The van der Waals surface area contributed by atoms with Gasteiger partial charge in [-0.15, -0.1) is 22.7 Å². The number of rotatable bonds is 1. The Morgan fingerprint density at radius 3 is 1.84 bits per heavy atom. The average molecular weight is 1250 g/mol. The smallest absolute Gasteiger partial charge is 0.340 e. The first-order chi connectivity index (χ1) is 31.0. The van der Waals surface area contributed by atoms with E-state index >= 15 is 0 Å². The Hall–Kier alpha value is -3.85. The van der Waals surface area contributed by atoms with Crippen molar-refractivity contribution in [3.63, 3.8) is 0 Å². The van der Waals surface area contributed by atoms with Gasteiger partial charge in [-0.3, -0.25) is 5.41 Å². The van der Waals surface area contributed by atoms with E-state index in [0.717, 1.165) is 43.0 Å². The molecule has 0 unspecified atom stereocenters. The Kier molecular flexibility index (Phi) is 16.7. The van der Waals surface area contributed by atoms with Crippen LogP contribution in [0.1, 0.15) is 27.0 Å². The zero-order chi connectivity index (χ0) is 46.1. The zero-order valence-electron chi connectivity index (χ0n) is 36.5. The summed E-state index contributed by atoms with van der Waals surface area (Å²) in [5, 5.41) is 28.5. The average Bonchev–Trinajstić information content (AvgIpc) is 3.58. The minimum absolute atomic E-state index is 0. The summed E-state index contributed by atoms with van der Waals surface area (Å²) in [7, 11) is 8.24. The molecule has 343 valence electrons. The van der Waals surface area contributed by atoms with Crippen molar-refractivity contribution in [2.24, 2.45) is 0 Å². The van der Waals surface area contributed by atoms with Crippen LogP contribution in [0.2, 0.25) is 0 Å². The fourth-order valence-corrected chi connectivity index (χ4v) is 12.1. The second kappa shape index (κ2) is 21.2. The molecule has 11 rings (SSSR count). The van der Waals surface area contributed by atoms with Crippen LogP contribution in [0.4, 0.5) is 11.4 Å². The number of carbonyl (C=O) groups excluding carboxylic acids is 1. The van der Waals surface area contributed by atoms with Gasteiger partial charge in [-0.2, -0.15) is 0 Å². The van der Waals surface area contributed by atoms with Gasteiger partial charge in [0.15, 0.2) is 22.5 Å². The first-order valence-electron chi connectivity index (χ1n) is 19.7. The molecule has 4 heterocycles. The summed E-state index contributed by atoms with van der Waals surface area (Å²) < 4.78 is 18.0. The first kappa shape index (κ1) is 53.5. The van der Waals surface area contributed by atoms with E-state index < -0.39 is 11.6 Å². The van der Waals surface area contributed by atoms with Crippen molar-refractivity contribution in [1.29, 1.82) is 0 Å². The molecule has 0 atom stereocenters. The number of hydrogen-bond acceptors (Lipinski definition) is 11. The summed E-state index contributed by atoms with van der Waals surface area (Å²) in [4.78, 5) is 26.6. The standard InChI is InChI=1S/C20H8Br4O5.C16H18N3S.C12H9N3S.2ClH.Na/c21-11-5-9-17(13(23)15(11)25)28-18-10(6-12(22)16(26)14(18)24)20(9)8-4-2-1-3-7(8)19(27)29-20;1-18(2)11-5-7-13-15(9-11)20-16-10-12(19(3)4)6-8-14(16)17-13;13-7-1-3-9-11(5-7)16-12-6-8(14)2-4-10(12)15-9;;;/h1-6,25-26H;5-10H,1-4H3;1-6,13H,14H2;2*1H;/q;+1;;;;/p-1. The number of phenols is 2. The van der Waals surface area contributed by atoms with Crippen LogP contribution in [0.5, 0.6) is 23.0 Å². The quantitative estimate of drug-likeness (QED) is 0.0636. The van der Waals surface area contributed by atoms with Gasteiger partial charge in [-0.25, -0.2) is 19.3 Å². The monoisotopic (exact) mass is 1250 g/mol. The Morgan fingerprint density at radius 2 is 1.25 bits per heavy atom. The normalized spacial score (nSPS) is 12.4. The van der Waals surface area contributed by atoms with E-state index in [4.69, 9.17) is 25.6 Å². The number of phenolic OH excluding ortho intramolecular Hbond substituents is 2. The molecular formula is C48H36Br4Cl2N6NaO5S2. The van der Waals surface area contributed by atoms with E-state index in [1.165, 1.54) is 20.6 Å². The van der Waals surface area contributed by atoms with Gasteiger partial charge in [0.2, 0.25) is 5.36 Å². The molecule has 6 N–H and O–H groups in total. The maximum absolute atomic E-state index is 12.8. The fourth-order valence-electron chi connectivity index (χ4n) is 7.59. The summed E-state index contributed by atoms with van der Waals surface area (Å²) >= 11 is 16.9. The van der Waals surface area contributed by atoms with Crippen LogP contribution in [0.25, 0.3) is 41.6 Å². The summed E-state index contributed by atoms with van der Waals surface area (Å²) in [6, 6.07) is 34.8. The van der Waals surface area contributed by atoms with E-state index in [-0.39, 0.29) is 77.4 Å². The number of anilines is 2. The number of aromatic hydroxyl groups is 2. The molecule has 5 aromatic carbocycles. The Labute approximate surface area is 466 Å². The van der Waals surface area contributed by atoms with Crippen LogP contribution in [-0.2, 0) is 10.3 Å². The molecule has 1 spiro atoms. The predicted molar refractivity (Wildman–Crippen MR) is 278 cm³/mol. The number of halogens is 6. The van der Waals surface area contributed by atoms with E-state index in [9.17, 15) is 15.0 Å². The third kappa shape index (κ3) is 9.78. The number of nitrogen functional groups attached to an aromatic ring is 1. The van der Waals surface area contributed by atoms with E-state index in [1.807, 2.05) is 48.5 Å². The van der Waals surface area contributed by atoms with E-state index in [2.05, 4.69) is 143 Å². The van der Waals surface area contributed by atoms with Gasteiger partial charge in [0.05, 0.1) is 67.2 Å². The van der Waals surface area contributed by atoms with Gasteiger partial charge in [0.25, 0.3) is 0 Å². The molecule has 11 nitrogen and oxygen atoms in total. The number of nitrogens with two attached hydrogens (primary N) is 2. The number of fused-ring (bicyclic) bond motifs is 10. The van der Waals surface area contributed by atoms with Crippen LogP contribution in [0.15, 0.2) is 127 Å². The van der Waals surface area contributed by atoms with Crippen LogP contribution in [-0.4, -0.2) is 83.9 Å². The molecule has 0 saturated carbocycles. The molecule has 20 heteroatoms. The molecule has 1 radical (unpaired) electrons. The molecule has 0 amide bonds. The second-order valence-corrected chi connectivity index (χ2v) is 21.0. The van der Waals surface area contributed by atoms with Gasteiger partial charge in [-0.05, 0) is 130 Å². The summed E-state index contributed by atoms with van der Waals surface area (Å²) in [6.45, 7) is 0. The maximum Gasteiger partial charge on any atom is 0.340 e. The number of aromatic nitrogens is 2. The SMILES string of the molecule is CN(C)c1ccc2nc3ccc(=[N+](C)C)cc-3sc2c1.Nc1ccc2nc3ccc(=[NH2+])cc-3sc2c1.O=C1OC2(c3ccccc31)c1cc(Br)c(O)c(Br)c1Oc1c2cc(Br)c(O)c1Br.[Cl-].[Cl-].[Na]. The molecule has 0 bridgehead atoms. The topological polar surface area (TPSA) is 160 Å². The predicted octanol–water partition coefficient (Wildman–Crippen LogP) is 3.49. The number of esters is 1. The first-order valence-corrected chi connectivity index (χ1v) is 24.5. The molecule has 0 aromatic heterocycles. The number of carbonyl (C=O) groups is 1. The largest absolute Gasteiger partial charge is 1.00 e. The van der Waals surface area contributed by atoms with Gasteiger partial charge in [0, 0.05) is 84.9 Å². The van der Waals surface area contributed by atoms with Crippen molar-refractivity contribution < 1.29 is 54.7 Å². The summed E-state index contributed by atoms with van der Waals surface area (Å²) in [5.41, 5.74) is 12.6. The number of ether oxygens (including phenoxy) is 2. The van der Waals surface area contributed by atoms with Crippen molar-refractivity contribution in [2.45, 2.75) is 5.60 Å². The van der Waals surface area contributed by atoms with Gasteiger partial charge >= 0.3 is 5.97 Å². The minimum atomic E-state index is -1.33. The van der Waals surface area contributed by atoms with Crippen LogP contribution in [0, 0.1) is 0 Å². The van der Waals surface area contributed by atoms with Crippen molar-refractivity contribution in [3.8, 4) is 44.1 Å². The van der Waals surface area contributed by atoms with Crippen molar-refractivity contribution in [2.75, 3.05) is 38.8 Å². The van der Waals surface area contributed by atoms with Crippen molar-refractivity contribution in [3.05, 3.63) is 160 Å². The minimum Gasteiger partial charge on any atom is -1.00 e. The maximum atomic E-state index is 12.8. The molecule has 4 aliphatic heterocycles. The van der Waals surface area contributed by atoms with Crippen molar-refractivity contribution >= 4 is 154 Å². The molecule has 0 fully saturated rings. The second-order valence-electron chi connectivity index (χ2n) is 15.5. The third-order valence-electron chi connectivity index (χ3n) is 10.8. The molecule has 0 saturated heterocycles. The summed E-state index contributed by atoms with van der Waals surface area (Å²) in [5.74, 6) is -0.0230. The molecule has 2 aliphatic carbocycles. The number of nitrogens with zero attached hydrogens (tertiary/aromatic N) is 4. The third-order valence-corrected chi connectivity index (χ3v) is 15.7. The summed E-state index contributed by atoms with van der Waals surface area (Å²) in [6.07, 6.45) is 0. The van der Waals surface area contributed by atoms with Gasteiger partial charge < -0.3 is 55.1 Å². The van der Waals surface area contributed by atoms with Gasteiger partial charge in [-0.1, -0.05) is 18.2 Å². The van der Waals surface area contributed by atoms with Crippen LogP contribution < -0.4 is 60.9 Å².